The zero-order valence-corrected chi connectivity index (χ0v) is 15.4. The Morgan fingerprint density at radius 3 is 2.50 bits per heavy atom. The summed E-state index contributed by atoms with van der Waals surface area (Å²) in [5.41, 5.74) is 0.336. The zero-order chi connectivity index (χ0) is 18.5. The van der Waals surface area contributed by atoms with E-state index >= 15 is 0 Å². The third-order valence-electron chi connectivity index (χ3n) is 4.05. The topological polar surface area (TPSA) is 87.2 Å². The van der Waals surface area contributed by atoms with Crippen LogP contribution in [0.4, 0.5) is 16.0 Å². The molecule has 0 radical (unpaired) electrons. The van der Waals surface area contributed by atoms with Crippen LogP contribution in [0.1, 0.15) is 12.8 Å². The largest absolute Gasteiger partial charge is 0.345 e. The van der Waals surface area contributed by atoms with Gasteiger partial charge in [-0.25, -0.2) is 14.4 Å². The summed E-state index contributed by atoms with van der Waals surface area (Å²) in [5.74, 6) is -1.27. The number of rotatable bonds is 3. The molecule has 0 bridgehead atoms. The van der Waals surface area contributed by atoms with Crippen molar-refractivity contribution in [2.45, 2.75) is 18.9 Å². The molecule has 0 atom stereocenters. The fraction of sp³-hybridized carbons (Fsp3) is 0.294. The molecule has 2 amide bonds. The van der Waals surface area contributed by atoms with Gasteiger partial charge in [-0.1, -0.05) is 0 Å². The molecule has 2 heterocycles. The van der Waals surface area contributed by atoms with Crippen LogP contribution >= 0.6 is 15.9 Å². The molecule has 0 saturated carbocycles. The molecule has 9 heteroatoms. The van der Waals surface area contributed by atoms with Gasteiger partial charge in [-0.3, -0.25) is 9.59 Å². The monoisotopic (exact) mass is 421 g/mol. The predicted molar refractivity (Wildman–Crippen MR) is 98.1 cm³/mol. The van der Waals surface area contributed by atoms with Gasteiger partial charge < -0.3 is 15.5 Å². The Kier molecular flexibility index (Phi) is 5.77. The van der Waals surface area contributed by atoms with Gasteiger partial charge in [0.05, 0.1) is 5.69 Å². The standard InChI is InChI=1S/C17H17BrFN5O2/c18-13-10-11(19)2-3-14(13)23-16(26)15(25)22-12-4-8-24(9-5-12)17-20-6-1-7-21-17/h1-3,6-7,10,12H,4-5,8-9H2,(H,22,25)(H,23,26). The number of anilines is 2. The first-order valence-corrected chi connectivity index (χ1v) is 8.91. The smallest absolute Gasteiger partial charge is 0.313 e. The van der Waals surface area contributed by atoms with Crippen LogP contribution in [0.5, 0.6) is 0 Å². The molecule has 1 fully saturated rings. The highest BCUT2D eigenvalue weighted by Gasteiger charge is 2.24. The van der Waals surface area contributed by atoms with Crippen molar-refractivity contribution in [3.8, 4) is 0 Å². The zero-order valence-electron chi connectivity index (χ0n) is 13.8. The van der Waals surface area contributed by atoms with Crippen LogP contribution in [-0.2, 0) is 9.59 Å². The third-order valence-corrected chi connectivity index (χ3v) is 4.71. The molecule has 7 nitrogen and oxygen atoms in total. The van der Waals surface area contributed by atoms with Crippen molar-refractivity contribution in [3.05, 3.63) is 46.9 Å². The van der Waals surface area contributed by atoms with Crippen LogP contribution in [0.3, 0.4) is 0 Å². The highest BCUT2D eigenvalue weighted by atomic mass is 79.9. The van der Waals surface area contributed by atoms with E-state index in [9.17, 15) is 14.0 Å². The summed E-state index contributed by atoms with van der Waals surface area (Å²) >= 11 is 3.15. The van der Waals surface area contributed by atoms with E-state index in [1.54, 1.807) is 18.5 Å². The summed E-state index contributed by atoms with van der Waals surface area (Å²) in [5, 5.41) is 5.20. The number of benzene rings is 1. The van der Waals surface area contributed by atoms with Gasteiger partial charge in [0.25, 0.3) is 0 Å². The lowest BCUT2D eigenvalue weighted by Crippen LogP contribution is -2.48. The highest BCUT2D eigenvalue weighted by molar-refractivity contribution is 9.10. The summed E-state index contributed by atoms with van der Waals surface area (Å²) in [6.07, 6.45) is 4.76. The molecule has 1 aliphatic heterocycles. The first-order chi connectivity index (χ1) is 12.5. The fourth-order valence-electron chi connectivity index (χ4n) is 2.70. The normalized spacial score (nSPS) is 14.8. The number of hydrogen-bond acceptors (Lipinski definition) is 5. The molecule has 1 aromatic carbocycles. The van der Waals surface area contributed by atoms with E-state index in [2.05, 4.69) is 36.5 Å². The minimum absolute atomic E-state index is 0.0927. The van der Waals surface area contributed by atoms with Gasteiger partial charge in [0, 0.05) is 36.0 Å². The van der Waals surface area contributed by atoms with E-state index in [1.807, 2.05) is 4.90 Å². The Hall–Kier alpha value is -2.55. The van der Waals surface area contributed by atoms with Crippen molar-refractivity contribution >= 4 is 39.4 Å². The van der Waals surface area contributed by atoms with Crippen LogP contribution in [0.25, 0.3) is 0 Å². The van der Waals surface area contributed by atoms with E-state index in [-0.39, 0.29) is 6.04 Å². The van der Waals surface area contributed by atoms with E-state index in [0.717, 1.165) is 0 Å². The Labute approximate surface area is 158 Å². The van der Waals surface area contributed by atoms with Crippen molar-refractivity contribution in [3.63, 3.8) is 0 Å². The first-order valence-electron chi connectivity index (χ1n) is 8.12. The van der Waals surface area contributed by atoms with Gasteiger partial charge in [0.2, 0.25) is 5.95 Å². The van der Waals surface area contributed by atoms with Crippen LogP contribution in [0.2, 0.25) is 0 Å². The fourth-order valence-corrected chi connectivity index (χ4v) is 3.15. The van der Waals surface area contributed by atoms with Crippen molar-refractivity contribution in [1.29, 1.82) is 0 Å². The number of nitrogens with zero attached hydrogens (tertiary/aromatic N) is 3. The average molecular weight is 422 g/mol. The summed E-state index contributed by atoms with van der Waals surface area (Å²) in [4.78, 5) is 34.6. The molecule has 0 aliphatic carbocycles. The molecular weight excluding hydrogens is 405 g/mol. The number of nitrogens with one attached hydrogen (secondary N) is 2. The Morgan fingerprint density at radius 2 is 1.85 bits per heavy atom. The van der Waals surface area contributed by atoms with Gasteiger partial charge in [-0.2, -0.15) is 0 Å². The molecule has 26 heavy (non-hydrogen) atoms. The van der Waals surface area contributed by atoms with Crippen molar-refractivity contribution in [1.82, 2.24) is 15.3 Å². The molecular formula is C17H17BrFN5O2. The van der Waals surface area contributed by atoms with Crippen LogP contribution in [0, 0.1) is 5.82 Å². The lowest BCUT2D eigenvalue weighted by Gasteiger charge is -2.32. The third kappa shape index (κ3) is 4.54. The van der Waals surface area contributed by atoms with Crippen molar-refractivity contribution in [2.75, 3.05) is 23.3 Å². The summed E-state index contributed by atoms with van der Waals surface area (Å²) < 4.78 is 13.4. The molecule has 1 aromatic heterocycles. The minimum Gasteiger partial charge on any atom is -0.345 e. The number of halogens is 2. The Balaban J connectivity index is 1.50. The lowest BCUT2D eigenvalue weighted by molar-refractivity contribution is -0.136. The summed E-state index contributed by atoms with van der Waals surface area (Å²) in [7, 11) is 0. The van der Waals surface area contributed by atoms with E-state index in [0.29, 0.717) is 42.0 Å². The number of carbonyl (C=O) groups excluding carboxylic acids is 2. The second-order valence-electron chi connectivity index (χ2n) is 5.86. The minimum atomic E-state index is -0.786. The van der Waals surface area contributed by atoms with Gasteiger partial charge in [0.15, 0.2) is 0 Å². The van der Waals surface area contributed by atoms with E-state index < -0.39 is 17.6 Å². The number of aromatic nitrogens is 2. The molecule has 2 aromatic rings. The van der Waals surface area contributed by atoms with Gasteiger partial charge in [-0.05, 0) is 53.0 Å². The molecule has 2 N–H and O–H groups in total. The SMILES string of the molecule is O=C(Nc1ccc(F)cc1Br)C(=O)NC1CCN(c2ncccn2)CC1. The molecule has 1 saturated heterocycles. The maximum absolute atomic E-state index is 13.1. The van der Waals surface area contributed by atoms with E-state index in [1.165, 1.54) is 18.2 Å². The van der Waals surface area contributed by atoms with Crippen LogP contribution < -0.4 is 15.5 Å². The van der Waals surface area contributed by atoms with Crippen molar-refractivity contribution in [2.24, 2.45) is 0 Å². The molecule has 136 valence electrons. The lowest BCUT2D eigenvalue weighted by atomic mass is 10.1. The average Bonchev–Trinajstić information content (AvgIpc) is 2.65. The second kappa shape index (κ2) is 8.22. The van der Waals surface area contributed by atoms with Gasteiger partial charge in [-0.15, -0.1) is 0 Å². The molecule has 1 aliphatic rings. The van der Waals surface area contributed by atoms with Crippen LogP contribution in [-0.4, -0.2) is 40.9 Å². The number of piperidine rings is 1. The molecule has 3 rings (SSSR count). The first kappa shape index (κ1) is 18.2. The van der Waals surface area contributed by atoms with Gasteiger partial charge >= 0.3 is 11.8 Å². The summed E-state index contributed by atoms with van der Waals surface area (Å²) in [6, 6.07) is 5.48. The number of hydrogen-bond donors (Lipinski definition) is 2. The Morgan fingerprint density at radius 1 is 1.15 bits per heavy atom. The Bertz CT molecular complexity index is 797. The van der Waals surface area contributed by atoms with E-state index in [4.69, 9.17) is 0 Å². The number of carbonyl (C=O) groups is 2. The predicted octanol–water partition coefficient (Wildman–Crippen LogP) is 2.10. The molecule has 0 unspecified atom stereocenters. The highest BCUT2D eigenvalue weighted by Crippen LogP contribution is 2.23. The maximum Gasteiger partial charge on any atom is 0.313 e. The summed E-state index contributed by atoms with van der Waals surface area (Å²) in [6.45, 7) is 1.39. The quantitative estimate of drug-likeness (QED) is 0.740. The maximum atomic E-state index is 13.1. The second-order valence-corrected chi connectivity index (χ2v) is 6.72. The van der Waals surface area contributed by atoms with Crippen LogP contribution in [0.15, 0.2) is 41.1 Å². The number of amides is 2. The molecule has 0 spiro atoms. The van der Waals surface area contributed by atoms with Gasteiger partial charge in [0.1, 0.15) is 5.82 Å². The van der Waals surface area contributed by atoms with Crippen molar-refractivity contribution < 1.29 is 14.0 Å².